The lowest BCUT2D eigenvalue weighted by Gasteiger charge is -2.22. The summed E-state index contributed by atoms with van der Waals surface area (Å²) in [6, 6.07) is 2.82. The van der Waals surface area contributed by atoms with E-state index in [4.69, 9.17) is 15.6 Å². The first kappa shape index (κ1) is 14.6. The Morgan fingerprint density at radius 3 is 2.67 bits per heavy atom. The number of anilines is 2. The second kappa shape index (κ2) is 6.44. The third kappa shape index (κ3) is 3.50. The topological polar surface area (TPSA) is 67.5 Å². The number of nitrogens with one attached hydrogen (secondary N) is 1. The van der Waals surface area contributed by atoms with Crippen LogP contribution in [0.1, 0.15) is 20.8 Å². The molecule has 2 unspecified atom stereocenters. The monoisotopic (exact) mass is 256 g/mol. The van der Waals surface area contributed by atoms with Gasteiger partial charge in [-0.25, -0.2) is 4.39 Å². The van der Waals surface area contributed by atoms with E-state index in [1.165, 1.54) is 6.07 Å². The summed E-state index contributed by atoms with van der Waals surface area (Å²) in [5.74, 6) is -0.217. The minimum Gasteiger partial charge on any atom is -0.491 e. The van der Waals surface area contributed by atoms with E-state index in [0.29, 0.717) is 18.0 Å². The van der Waals surface area contributed by atoms with Crippen molar-refractivity contribution in [2.75, 3.05) is 24.3 Å². The molecule has 0 aromatic heterocycles. The van der Waals surface area contributed by atoms with Crippen LogP contribution in [-0.4, -0.2) is 24.4 Å². The quantitative estimate of drug-likeness (QED) is 0.683. The maximum Gasteiger partial charge on any atom is 0.167 e. The smallest absolute Gasteiger partial charge is 0.167 e. The van der Waals surface area contributed by atoms with Gasteiger partial charge in [0.05, 0.1) is 18.0 Å². The first-order valence-corrected chi connectivity index (χ1v) is 6.08. The van der Waals surface area contributed by atoms with Crippen LogP contribution in [0.25, 0.3) is 0 Å². The number of hydrogen-bond acceptors (Lipinski definition) is 4. The average molecular weight is 256 g/mol. The summed E-state index contributed by atoms with van der Waals surface area (Å²) >= 11 is 0. The number of rotatable bonds is 6. The van der Waals surface area contributed by atoms with Gasteiger partial charge in [-0.05, 0) is 19.8 Å². The van der Waals surface area contributed by atoms with E-state index in [9.17, 15) is 4.39 Å². The molecule has 5 heteroatoms. The molecule has 0 aliphatic heterocycles. The fourth-order valence-corrected chi connectivity index (χ4v) is 1.51. The lowest BCUT2D eigenvalue weighted by molar-refractivity contribution is 0.226. The van der Waals surface area contributed by atoms with Crippen molar-refractivity contribution >= 4 is 11.4 Å². The minimum absolute atomic E-state index is 0.0252. The Kier molecular flexibility index (Phi) is 5.22. The zero-order valence-electron chi connectivity index (χ0n) is 11.0. The molecule has 4 nitrogen and oxygen atoms in total. The van der Waals surface area contributed by atoms with Gasteiger partial charge in [-0.2, -0.15) is 0 Å². The van der Waals surface area contributed by atoms with Gasteiger partial charge in [0.1, 0.15) is 0 Å². The van der Waals surface area contributed by atoms with Crippen LogP contribution in [0.5, 0.6) is 5.75 Å². The lowest BCUT2D eigenvalue weighted by atomic mass is 10.0. The molecule has 0 radical (unpaired) electrons. The molecule has 0 fully saturated rings. The first-order chi connectivity index (χ1) is 8.49. The molecule has 0 saturated carbocycles. The average Bonchev–Trinajstić information content (AvgIpc) is 2.34. The Balaban J connectivity index is 2.91. The summed E-state index contributed by atoms with van der Waals surface area (Å²) < 4.78 is 18.7. The highest BCUT2D eigenvalue weighted by atomic mass is 19.1. The third-order valence-corrected chi connectivity index (χ3v) is 2.93. The second-order valence-corrected chi connectivity index (χ2v) is 4.40. The summed E-state index contributed by atoms with van der Waals surface area (Å²) in [6.07, 6.45) is 0. The Morgan fingerprint density at radius 1 is 1.44 bits per heavy atom. The van der Waals surface area contributed by atoms with E-state index in [1.54, 1.807) is 13.0 Å². The number of benzene rings is 1. The van der Waals surface area contributed by atoms with E-state index in [1.807, 2.05) is 13.8 Å². The van der Waals surface area contributed by atoms with Crippen molar-refractivity contribution in [1.82, 2.24) is 0 Å². The molecule has 2 atom stereocenters. The summed E-state index contributed by atoms with van der Waals surface area (Å²) in [5.41, 5.74) is 6.70. The van der Waals surface area contributed by atoms with E-state index < -0.39 is 5.82 Å². The zero-order chi connectivity index (χ0) is 13.7. The Hall–Kier alpha value is -1.49. The highest BCUT2D eigenvalue weighted by Gasteiger charge is 2.14. The summed E-state index contributed by atoms with van der Waals surface area (Å²) in [5, 5.41) is 12.2. The second-order valence-electron chi connectivity index (χ2n) is 4.40. The third-order valence-electron chi connectivity index (χ3n) is 2.93. The van der Waals surface area contributed by atoms with E-state index in [-0.39, 0.29) is 24.3 Å². The van der Waals surface area contributed by atoms with Gasteiger partial charge in [0.15, 0.2) is 11.6 Å². The van der Waals surface area contributed by atoms with Gasteiger partial charge >= 0.3 is 0 Å². The van der Waals surface area contributed by atoms with Crippen LogP contribution in [0.15, 0.2) is 12.1 Å². The van der Waals surface area contributed by atoms with Gasteiger partial charge in [0.2, 0.25) is 0 Å². The van der Waals surface area contributed by atoms with Crippen LogP contribution < -0.4 is 15.8 Å². The molecule has 0 bridgehead atoms. The molecule has 0 spiro atoms. The first-order valence-electron chi connectivity index (χ1n) is 6.08. The Morgan fingerprint density at radius 2 is 2.11 bits per heavy atom. The fraction of sp³-hybridized carbons (Fsp3) is 0.538. The predicted molar refractivity (Wildman–Crippen MR) is 71.3 cm³/mol. The van der Waals surface area contributed by atoms with Gasteiger partial charge < -0.3 is 20.9 Å². The zero-order valence-corrected chi connectivity index (χ0v) is 11.0. The van der Waals surface area contributed by atoms with Crippen molar-refractivity contribution in [3.05, 3.63) is 17.9 Å². The molecule has 0 amide bonds. The van der Waals surface area contributed by atoms with Crippen LogP contribution in [0, 0.1) is 11.7 Å². The van der Waals surface area contributed by atoms with Crippen molar-refractivity contribution in [2.24, 2.45) is 5.92 Å². The molecule has 18 heavy (non-hydrogen) atoms. The number of ether oxygens (including phenoxy) is 1. The van der Waals surface area contributed by atoms with Crippen molar-refractivity contribution in [2.45, 2.75) is 26.8 Å². The molecule has 4 N–H and O–H groups in total. The van der Waals surface area contributed by atoms with Gasteiger partial charge in [-0.3, -0.25) is 0 Å². The van der Waals surface area contributed by atoms with Crippen molar-refractivity contribution in [3.63, 3.8) is 0 Å². The predicted octanol–water partition coefficient (Wildman–Crippen LogP) is 2.24. The van der Waals surface area contributed by atoms with Crippen LogP contribution in [0.2, 0.25) is 0 Å². The Labute approximate surface area is 107 Å². The number of halogens is 1. The van der Waals surface area contributed by atoms with Gasteiger partial charge in [0, 0.05) is 24.8 Å². The number of aliphatic hydroxyl groups excluding tert-OH is 1. The van der Waals surface area contributed by atoms with Crippen LogP contribution in [0.3, 0.4) is 0 Å². The summed E-state index contributed by atoms with van der Waals surface area (Å²) in [4.78, 5) is 0. The standard InChI is InChI=1S/C13H21FN2O2/c1-4-18-13-6-12(11(15)5-10(13)14)16-9(3)8(2)7-17/h5-6,8-9,16-17H,4,7,15H2,1-3H3. The maximum absolute atomic E-state index is 13.5. The summed E-state index contributed by atoms with van der Waals surface area (Å²) in [6.45, 7) is 6.11. The van der Waals surface area contributed by atoms with E-state index >= 15 is 0 Å². The van der Waals surface area contributed by atoms with Gasteiger partial charge in [-0.1, -0.05) is 6.92 Å². The Bertz CT molecular complexity index is 399. The van der Waals surface area contributed by atoms with Crippen molar-refractivity contribution in [3.8, 4) is 5.75 Å². The highest BCUT2D eigenvalue weighted by molar-refractivity contribution is 5.69. The minimum atomic E-state index is -0.470. The number of nitrogens with two attached hydrogens (primary N) is 1. The van der Waals surface area contributed by atoms with Crippen molar-refractivity contribution < 1.29 is 14.2 Å². The van der Waals surface area contributed by atoms with E-state index in [0.717, 1.165) is 0 Å². The largest absolute Gasteiger partial charge is 0.491 e. The van der Waals surface area contributed by atoms with Crippen LogP contribution in [-0.2, 0) is 0 Å². The molecule has 0 saturated heterocycles. The number of aliphatic hydroxyl groups is 1. The molecule has 0 aliphatic rings. The van der Waals surface area contributed by atoms with E-state index in [2.05, 4.69) is 5.32 Å². The molecule has 1 rings (SSSR count). The van der Waals surface area contributed by atoms with Gasteiger partial charge in [-0.15, -0.1) is 0 Å². The van der Waals surface area contributed by atoms with Gasteiger partial charge in [0.25, 0.3) is 0 Å². The summed E-state index contributed by atoms with van der Waals surface area (Å²) in [7, 11) is 0. The molecule has 0 aliphatic carbocycles. The highest BCUT2D eigenvalue weighted by Crippen LogP contribution is 2.29. The fourth-order valence-electron chi connectivity index (χ4n) is 1.51. The number of nitrogen functional groups attached to an aromatic ring is 1. The molecule has 0 heterocycles. The lowest BCUT2D eigenvalue weighted by Crippen LogP contribution is -2.26. The molecule has 1 aromatic rings. The van der Waals surface area contributed by atoms with Crippen LogP contribution >= 0.6 is 0 Å². The molecular formula is C13H21FN2O2. The van der Waals surface area contributed by atoms with Crippen LogP contribution in [0.4, 0.5) is 15.8 Å². The maximum atomic E-state index is 13.5. The van der Waals surface area contributed by atoms with Crippen molar-refractivity contribution in [1.29, 1.82) is 0 Å². The molecule has 1 aromatic carbocycles. The molecule has 102 valence electrons. The SMILES string of the molecule is CCOc1cc(NC(C)C(C)CO)c(N)cc1F. The molecular weight excluding hydrogens is 235 g/mol. The normalized spacial score (nSPS) is 14.1. The number of hydrogen-bond donors (Lipinski definition) is 3.